The first-order valence-corrected chi connectivity index (χ1v) is 4.95. The van der Waals surface area contributed by atoms with Crippen molar-refractivity contribution in [2.24, 2.45) is 0 Å². The largest absolute Gasteiger partial charge is 0.480 e. The summed E-state index contributed by atoms with van der Waals surface area (Å²) in [5, 5.41) is 11.4. The number of carbonyl (C=O) groups is 2. The van der Waals surface area contributed by atoms with Crippen molar-refractivity contribution in [1.82, 2.24) is 5.32 Å². The van der Waals surface area contributed by atoms with Gasteiger partial charge >= 0.3 is 5.97 Å². The van der Waals surface area contributed by atoms with E-state index in [0.29, 0.717) is 24.1 Å². The van der Waals surface area contributed by atoms with E-state index < -0.39 is 17.4 Å². The van der Waals surface area contributed by atoms with E-state index in [1.54, 1.807) is 24.3 Å². The quantitative estimate of drug-likeness (QED) is 0.651. The molecule has 0 spiro atoms. The monoisotopic (exact) mass is 220 g/mol. The van der Waals surface area contributed by atoms with Gasteiger partial charge in [0, 0.05) is 5.69 Å². The second kappa shape index (κ2) is 3.52. The third kappa shape index (κ3) is 1.71. The zero-order valence-corrected chi connectivity index (χ0v) is 8.56. The molecule has 0 heterocycles. The highest BCUT2D eigenvalue weighted by molar-refractivity contribution is 6.02. The zero-order chi connectivity index (χ0) is 11.8. The van der Waals surface area contributed by atoms with Crippen molar-refractivity contribution in [2.45, 2.75) is 18.4 Å². The van der Waals surface area contributed by atoms with Crippen molar-refractivity contribution in [1.29, 1.82) is 0 Å². The summed E-state index contributed by atoms with van der Waals surface area (Å²) in [6, 6.07) is 6.58. The third-order valence-corrected chi connectivity index (χ3v) is 2.72. The Balaban J connectivity index is 2.16. The number of amides is 1. The second-order valence-electron chi connectivity index (χ2n) is 3.93. The van der Waals surface area contributed by atoms with Gasteiger partial charge in [0.1, 0.15) is 5.54 Å². The molecule has 0 radical (unpaired) electrons. The Bertz CT molecular complexity index is 452. The summed E-state index contributed by atoms with van der Waals surface area (Å²) in [6.07, 6.45) is 0.946. The molecule has 0 unspecified atom stereocenters. The maximum absolute atomic E-state index is 11.8. The molecule has 0 aromatic heterocycles. The predicted octanol–water partition coefficient (Wildman–Crippen LogP) is 0.616. The average molecular weight is 220 g/mol. The smallest absolute Gasteiger partial charge is 0.329 e. The fourth-order valence-electron chi connectivity index (χ4n) is 1.51. The summed E-state index contributed by atoms with van der Waals surface area (Å²) < 4.78 is 0. The van der Waals surface area contributed by atoms with Crippen LogP contribution in [-0.2, 0) is 4.79 Å². The summed E-state index contributed by atoms with van der Waals surface area (Å²) in [4.78, 5) is 22.7. The molecule has 1 aromatic rings. The fourth-order valence-corrected chi connectivity index (χ4v) is 1.51. The van der Waals surface area contributed by atoms with Gasteiger partial charge in [-0.15, -0.1) is 0 Å². The van der Waals surface area contributed by atoms with Crippen LogP contribution in [-0.4, -0.2) is 22.5 Å². The van der Waals surface area contributed by atoms with Gasteiger partial charge in [-0.25, -0.2) is 4.79 Å². The lowest BCUT2D eigenvalue weighted by atomic mass is 10.1. The number of nitrogens with one attached hydrogen (secondary N) is 1. The first kappa shape index (κ1) is 10.5. The highest BCUT2D eigenvalue weighted by atomic mass is 16.4. The van der Waals surface area contributed by atoms with Gasteiger partial charge in [0.05, 0.1) is 5.56 Å². The number of carboxylic acids is 1. The van der Waals surface area contributed by atoms with Crippen molar-refractivity contribution in [3.8, 4) is 0 Å². The van der Waals surface area contributed by atoms with Crippen LogP contribution in [0.1, 0.15) is 23.2 Å². The number of benzene rings is 1. The molecule has 5 heteroatoms. The van der Waals surface area contributed by atoms with E-state index in [-0.39, 0.29) is 0 Å². The Hall–Kier alpha value is -2.04. The zero-order valence-electron chi connectivity index (χ0n) is 8.56. The molecule has 0 aliphatic heterocycles. The number of nitrogen functional groups attached to an aromatic ring is 1. The Kier molecular flexibility index (Phi) is 2.30. The topological polar surface area (TPSA) is 92.4 Å². The van der Waals surface area contributed by atoms with E-state index in [0.717, 1.165) is 0 Å². The van der Waals surface area contributed by atoms with Gasteiger partial charge in [0.25, 0.3) is 5.91 Å². The minimum atomic E-state index is -1.07. The van der Waals surface area contributed by atoms with Gasteiger partial charge in [0.2, 0.25) is 0 Å². The van der Waals surface area contributed by atoms with Gasteiger partial charge in [0.15, 0.2) is 0 Å². The van der Waals surface area contributed by atoms with Crippen molar-refractivity contribution >= 4 is 17.6 Å². The highest BCUT2D eigenvalue weighted by Gasteiger charge is 2.51. The van der Waals surface area contributed by atoms with E-state index >= 15 is 0 Å². The molecule has 1 aliphatic rings. The van der Waals surface area contributed by atoms with Crippen LogP contribution in [0.5, 0.6) is 0 Å². The number of carbonyl (C=O) groups excluding carboxylic acids is 1. The lowest BCUT2D eigenvalue weighted by molar-refractivity contribution is -0.140. The van der Waals surface area contributed by atoms with E-state index in [9.17, 15) is 9.59 Å². The lowest BCUT2D eigenvalue weighted by Crippen LogP contribution is -2.43. The Morgan fingerprint density at radius 1 is 1.31 bits per heavy atom. The van der Waals surface area contributed by atoms with Crippen LogP contribution >= 0.6 is 0 Å². The van der Waals surface area contributed by atoms with Gasteiger partial charge in [-0.3, -0.25) is 4.79 Å². The maximum atomic E-state index is 11.8. The summed E-state index contributed by atoms with van der Waals surface area (Å²) >= 11 is 0. The van der Waals surface area contributed by atoms with Gasteiger partial charge < -0.3 is 16.2 Å². The molecule has 2 rings (SSSR count). The second-order valence-corrected chi connectivity index (χ2v) is 3.93. The lowest BCUT2D eigenvalue weighted by Gasteiger charge is -2.13. The fraction of sp³-hybridized carbons (Fsp3) is 0.273. The van der Waals surface area contributed by atoms with E-state index in [1.165, 1.54) is 0 Å². The van der Waals surface area contributed by atoms with E-state index in [1.807, 2.05) is 0 Å². The number of anilines is 1. The SMILES string of the molecule is Nc1ccccc1C(=O)NC1(C(=O)O)CC1. The molecule has 1 saturated carbocycles. The Morgan fingerprint density at radius 2 is 1.94 bits per heavy atom. The summed E-state index contributed by atoms with van der Waals surface area (Å²) in [6.45, 7) is 0. The summed E-state index contributed by atoms with van der Waals surface area (Å²) in [7, 11) is 0. The molecule has 1 amide bonds. The number of carboxylic acid groups (broad SMARTS) is 1. The normalized spacial score (nSPS) is 16.5. The molecule has 1 aromatic carbocycles. The number of aliphatic carboxylic acids is 1. The predicted molar refractivity (Wildman–Crippen MR) is 57.9 cm³/mol. The molecular formula is C11H12N2O3. The first-order chi connectivity index (χ1) is 7.55. The minimum Gasteiger partial charge on any atom is -0.480 e. The van der Waals surface area contributed by atoms with E-state index in [2.05, 4.69) is 5.32 Å². The molecular weight excluding hydrogens is 208 g/mol. The van der Waals surface area contributed by atoms with Crippen LogP contribution in [0.15, 0.2) is 24.3 Å². The maximum Gasteiger partial charge on any atom is 0.329 e. The van der Waals surface area contributed by atoms with Crippen molar-refractivity contribution in [3.63, 3.8) is 0 Å². The standard InChI is InChI=1S/C11H12N2O3/c12-8-4-2-1-3-7(8)9(14)13-11(5-6-11)10(15)16/h1-4H,5-6,12H2,(H,13,14)(H,15,16). The molecule has 4 N–H and O–H groups in total. The van der Waals surface area contributed by atoms with Crippen LogP contribution in [0.2, 0.25) is 0 Å². The van der Waals surface area contributed by atoms with Gasteiger partial charge in [-0.05, 0) is 25.0 Å². The average Bonchev–Trinajstić information content (AvgIpc) is 2.99. The number of hydrogen-bond acceptors (Lipinski definition) is 3. The molecule has 0 atom stereocenters. The summed E-state index contributed by atoms with van der Waals surface area (Å²) in [5.41, 5.74) is 5.22. The van der Waals surface area contributed by atoms with Crippen LogP contribution in [0.25, 0.3) is 0 Å². The van der Waals surface area contributed by atoms with Crippen molar-refractivity contribution < 1.29 is 14.7 Å². The molecule has 0 saturated heterocycles. The molecule has 1 fully saturated rings. The van der Waals surface area contributed by atoms with E-state index in [4.69, 9.17) is 10.8 Å². The highest BCUT2D eigenvalue weighted by Crippen LogP contribution is 2.35. The third-order valence-electron chi connectivity index (χ3n) is 2.72. The molecule has 16 heavy (non-hydrogen) atoms. The minimum absolute atomic E-state index is 0.315. The Morgan fingerprint density at radius 3 is 2.44 bits per heavy atom. The van der Waals surface area contributed by atoms with Crippen LogP contribution in [0.4, 0.5) is 5.69 Å². The molecule has 1 aliphatic carbocycles. The number of hydrogen-bond donors (Lipinski definition) is 3. The number of para-hydroxylation sites is 1. The number of nitrogens with two attached hydrogens (primary N) is 1. The van der Waals surface area contributed by atoms with Gasteiger partial charge in [-0.2, -0.15) is 0 Å². The number of rotatable bonds is 3. The molecule has 5 nitrogen and oxygen atoms in total. The first-order valence-electron chi connectivity index (χ1n) is 4.95. The van der Waals surface area contributed by atoms with Crippen LogP contribution < -0.4 is 11.1 Å². The summed E-state index contributed by atoms with van der Waals surface area (Å²) in [5.74, 6) is -1.42. The van der Waals surface area contributed by atoms with Crippen LogP contribution in [0, 0.1) is 0 Å². The van der Waals surface area contributed by atoms with Crippen molar-refractivity contribution in [3.05, 3.63) is 29.8 Å². The Labute approximate surface area is 92.3 Å². The van der Waals surface area contributed by atoms with Crippen LogP contribution in [0.3, 0.4) is 0 Å². The van der Waals surface area contributed by atoms with Crippen molar-refractivity contribution in [2.75, 3.05) is 5.73 Å². The van der Waals surface area contributed by atoms with Gasteiger partial charge in [-0.1, -0.05) is 12.1 Å². The molecule has 84 valence electrons. The molecule has 0 bridgehead atoms.